The Bertz CT molecular complexity index is 919. The summed E-state index contributed by atoms with van der Waals surface area (Å²) in [5.74, 6) is 0.902. The number of nitro benzene ring substituents is 1. The van der Waals surface area contributed by atoms with E-state index in [0.717, 1.165) is 17.2 Å². The minimum absolute atomic E-state index is 0.0769. The monoisotopic (exact) mass is 419 g/mol. The van der Waals surface area contributed by atoms with Crippen LogP contribution < -0.4 is 20.3 Å². The number of hydrogen-bond acceptors (Lipinski definition) is 7. The molecule has 0 bridgehead atoms. The van der Waals surface area contributed by atoms with Gasteiger partial charge in [-0.3, -0.25) is 30.6 Å². The number of amides is 2. The molecule has 0 aliphatic rings. The van der Waals surface area contributed by atoms with Gasteiger partial charge >= 0.3 is 0 Å². The highest BCUT2D eigenvalue weighted by atomic mass is 32.2. The second kappa shape index (κ2) is 10.3. The van der Waals surface area contributed by atoms with Crippen LogP contribution in [-0.4, -0.2) is 36.7 Å². The molecule has 0 unspecified atom stereocenters. The van der Waals surface area contributed by atoms with E-state index in [2.05, 4.69) is 10.9 Å². The Balaban J connectivity index is 1.84. The number of nitrogens with zero attached hydrogens (tertiary/aromatic N) is 1. The first-order chi connectivity index (χ1) is 13.8. The molecule has 2 amide bonds. The van der Waals surface area contributed by atoms with Crippen LogP contribution in [0.25, 0.3) is 0 Å². The predicted molar refractivity (Wildman–Crippen MR) is 109 cm³/mol. The number of benzene rings is 2. The van der Waals surface area contributed by atoms with E-state index in [1.807, 2.05) is 19.1 Å². The van der Waals surface area contributed by atoms with Gasteiger partial charge in [0, 0.05) is 23.4 Å². The summed E-state index contributed by atoms with van der Waals surface area (Å²) in [4.78, 5) is 34.1. The molecule has 0 saturated carbocycles. The molecule has 0 heterocycles. The Labute approximate surface area is 171 Å². The summed E-state index contributed by atoms with van der Waals surface area (Å²) in [6, 6.07) is 8.97. The molecule has 0 fully saturated rings. The summed E-state index contributed by atoms with van der Waals surface area (Å²) >= 11 is 1.37. The first-order valence-corrected chi connectivity index (χ1v) is 9.64. The van der Waals surface area contributed by atoms with Gasteiger partial charge in [-0.25, -0.2) is 0 Å². The second-order valence-electron chi connectivity index (χ2n) is 5.94. The Morgan fingerprint density at radius 1 is 1.10 bits per heavy atom. The van der Waals surface area contributed by atoms with Gasteiger partial charge in [0.2, 0.25) is 5.91 Å². The van der Waals surface area contributed by atoms with Crippen molar-refractivity contribution < 1.29 is 24.0 Å². The van der Waals surface area contributed by atoms with Crippen LogP contribution in [0, 0.1) is 17.0 Å². The number of rotatable bonds is 8. The quantitative estimate of drug-likeness (QED) is 0.498. The average molecular weight is 419 g/mol. The third-order valence-electron chi connectivity index (χ3n) is 3.97. The number of aryl methyl sites for hydroxylation is 1. The van der Waals surface area contributed by atoms with Gasteiger partial charge in [-0.1, -0.05) is 6.07 Å². The number of nitro groups is 1. The molecule has 0 aliphatic heterocycles. The molecule has 2 aromatic rings. The van der Waals surface area contributed by atoms with Crippen LogP contribution in [0.1, 0.15) is 21.5 Å². The van der Waals surface area contributed by atoms with Crippen LogP contribution in [0.15, 0.2) is 36.4 Å². The highest BCUT2D eigenvalue weighted by Gasteiger charge is 2.13. The summed E-state index contributed by atoms with van der Waals surface area (Å²) in [6.45, 7) is 1.94. The third kappa shape index (κ3) is 6.11. The second-order valence-corrected chi connectivity index (χ2v) is 6.92. The van der Waals surface area contributed by atoms with Gasteiger partial charge in [0.25, 0.3) is 11.6 Å². The van der Waals surface area contributed by atoms with E-state index in [1.165, 1.54) is 30.0 Å². The number of ether oxygens (including phenoxy) is 2. The molecule has 0 aliphatic carbocycles. The van der Waals surface area contributed by atoms with Gasteiger partial charge in [0.05, 0.1) is 24.9 Å². The zero-order valence-electron chi connectivity index (χ0n) is 16.2. The molecule has 29 heavy (non-hydrogen) atoms. The standard InChI is InChI=1S/C19H21N3O6S/c1-12-7-16(27-2)17(28-3)9-14(12)10-29-11-18(23)20-21-19(24)13-5-4-6-15(8-13)22(25)26/h4-9H,10-11H2,1-3H3,(H,20,23)(H,21,24). The van der Waals surface area contributed by atoms with Crippen LogP contribution in [0.5, 0.6) is 11.5 Å². The largest absolute Gasteiger partial charge is 0.493 e. The van der Waals surface area contributed by atoms with Gasteiger partial charge in [-0.05, 0) is 36.2 Å². The van der Waals surface area contributed by atoms with Gasteiger partial charge in [-0.2, -0.15) is 0 Å². The fraction of sp³-hybridized carbons (Fsp3) is 0.263. The number of carbonyl (C=O) groups is 2. The first kappa shape index (κ1) is 22.0. The van der Waals surface area contributed by atoms with Crippen molar-refractivity contribution in [2.75, 3.05) is 20.0 Å². The average Bonchev–Trinajstić information content (AvgIpc) is 2.72. The van der Waals surface area contributed by atoms with Gasteiger partial charge in [0.15, 0.2) is 11.5 Å². The first-order valence-electron chi connectivity index (χ1n) is 8.48. The maximum absolute atomic E-state index is 12.0. The Hall–Kier alpha value is -3.27. The van der Waals surface area contributed by atoms with Crippen molar-refractivity contribution in [2.24, 2.45) is 0 Å². The number of nitrogens with one attached hydrogen (secondary N) is 2. The molecule has 0 spiro atoms. The topological polar surface area (TPSA) is 120 Å². The maximum atomic E-state index is 12.0. The third-order valence-corrected chi connectivity index (χ3v) is 4.95. The highest BCUT2D eigenvalue weighted by molar-refractivity contribution is 7.99. The smallest absolute Gasteiger partial charge is 0.270 e. The predicted octanol–water partition coefficient (Wildman–Crippen LogP) is 2.61. The van der Waals surface area contributed by atoms with Crippen LogP contribution in [0.3, 0.4) is 0 Å². The molecule has 0 radical (unpaired) electrons. The van der Waals surface area contributed by atoms with Crippen molar-refractivity contribution in [3.8, 4) is 11.5 Å². The van der Waals surface area contributed by atoms with E-state index in [1.54, 1.807) is 14.2 Å². The molecule has 154 valence electrons. The fourth-order valence-corrected chi connectivity index (χ4v) is 3.32. The van der Waals surface area contributed by atoms with Crippen molar-refractivity contribution in [3.05, 3.63) is 63.2 Å². The fourth-order valence-electron chi connectivity index (χ4n) is 2.43. The van der Waals surface area contributed by atoms with Crippen molar-refractivity contribution in [1.29, 1.82) is 0 Å². The molecule has 0 atom stereocenters. The van der Waals surface area contributed by atoms with Gasteiger partial charge < -0.3 is 9.47 Å². The van der Waals surface area contributed by atoms with Crippen LogP contribution >= 0.6 is 11.8 Å². The summed E-state index contributed by atoms with van der Waals surface area (Å²) in [6.07, 6.45) is 0. The van der Waals surface area contributed by atoms with E-state index in [-0.39, 0.29) is 17.0 Å². The van der Waals surface area contributed by atoms with E-state index in [9.17, 15) is 19.7 Å². The zero-order valence-corrected chi connectivity index (χ0v) is 17.0. The van der Waals surface area contributed by atoms with E-state index < -0.39 is 16.7 Å². The van der Waals surface area contributed by atoms with Crippen LogP contribution in [0.4, 0.5) is 5.69 Å². The Morgan fingerprint density at radius 2 is 1.79 bits per heavy atom. The zero-order chi connectivity index (χ0) is 21.4. The van der Waals surface area contributed by atoms with E-state index in [4.69, 9.17) is 9.47 Å². The number of carbonyl (C=O) groups excluding carboxylic acids is 2. The molecule has 0 saturated heterocycles. The molecule has 0 aromatic heterocycles. The number of non-ortho nitro benzene ring substituents is 1. The van der Waals surface area contributed by atoms with Crippen LogP contribution in [-0.2, 0) is 10.5 Å². The summed E-state index contributed by atoms with van der Waals surface area (Å²) in [5, 5.41) is 10.8. The molecule has 2 rings (SSSR count). The number of hydrogen-bond donors (Lipinski definition) is 2. The Kier molecular flexibility index (Phi) is 7.84. The minimum atomic E-state index is -0.636. The van der Waals surface area contributed by atoms with Crippen molar-refractivity contribution in [1.82, 2.24) is 10.9 Å². The molecule has 2 aromatic carbocycles. The SMILES string of the molecule is COc1cc(C)c(CSCC(=O)NNC(=O)c2cccc([N+](=O)[O-])c2)cc1OC. The lowest BCUT2D eigenvalue weighted by atomic mass is 10.1. The van der Waals surface area contributed by atoms with Gasteiger partial charge in [0.1, 0.15) is 0 Å². The molecular weight excluding hydrogens is 398 g/mol. The summed E-state index contributed by atoms with van der Waals surface area (Å²) in [7, 11) is 3.12. The highest BCUT2D eigenvalue weighted by Crippen LogP contribution is 2.31. The molecule has 2 N–H and O–H groups in total. The number of methoxy groups -OCH3 is 2. The maximum Gasteiger partial charge on any atom is 0.270 e. The van der Waals surface area contributed by atoms with Crippen molar-refractivity contribution >= 4 is 29.3 Å². The normalized spacial score (nSPS) is 10.2. The summed E-state index contributed by atoms with van der Waals surface area (Å²) in [5.41, 5.74) is 6.43. The Morgan fingerprint density at radius 3 is 2.45 bits per heavy atom. The van der Waals surface area contributed by atoms with Crippen molar-refractivity contribution in [3.63, 3.8) is 0 Å². The molecule has 10 heteroatoms. The van der Waals surface area contributed by atoms with Crippen LogP contribution in [0.2, 0.25) is 0 Å². The lowest BCUT2D eigenvalue weighted by Gasteiger charge is -2.12. The lowest BCUT2D eigenvalue weighted by Crippen LogP contribution is -2.42. The summed E-state index contributed by atoms with van der Waals surface area (Å²) < 4.78 is 10.5. The van der Waals surface area contributed by atoms with E-state index in [0.29, 0.717) is 17.3 Å². The van der Waals surface area contributed by atoms with Gasteiger partial charge in [-0.15, -0.1) is 11.8 Å². The van der Waals surface area contributed by atoms with Crippen molar-refractivity contribution in [2.45, 2.75) is 12.7 Å². The molecule has 9 nitrogen and oxygen atoms in total. The minimum Gasteiger partial charge on any atom is -0.493 e. The number of hydrazine groups is 1. The molecular formula is C19H21N3O6S. The lowest BCUT2D eigenvalue weighted by molar-refractivity contribution is -0.384. The van der Waals surface area contributed by atoms with E-state index >= 15 is 0 Å². The number of thioether (sulfide) groups is 1.